The van der Waals surface area contributed by atoms with Crippen LogP contribution in [0.3, 0.4) is 0 Å². The first-order chi connectivity index (χ1) is 13.1. The van der Waals surface area contributed by atoms with E-state index in [4.69, 9.17) is 0 Å². The standard InChI is InChI=1S/C17H18F3N5O2S/c1-4-13-22-23-16(24(13)3)28-9(2)15(27)25-8-14(26)21-11-7-10(17(18,19)20)5-6-12(11)25/h5-7,9H,4,8H2,1-3H3,(H,21,26). The quantitative estimate of drug-likeness (QED) is 0.780. The van der Waals surface area contributed by atoms with Crippen molar-refractivity contribution in [2.75, 3.05) is 16.8 Å². The van der Waals surface area contributed by atoms with Crippen molar-refractivity contribution in [3.05, 3.63) is 29.6 Å². The summed E-state index contributed by atoms with van der Waals surface area (Å²) in [6.07, 6.45) is -3.86. The Kier molecular flexibility index (Phi) is 5.37. The SMILES string of the molecule is CCc1nnc(SC(C)C(=O)N2CC(=O)Nc3cc(C(F)(F)F)ccc32)n1C. The summed E-state index contributed by atoms with van der Waals surface area (Å²) in [5.41, 5.74) is -0.699. The Morgan fingerprint density at radius 1 is 1.36 bits per heavy atom. The first kappa shape index (κ1) is 20.2. The highest BCUT2D eigenvalue weighted by Gasteiger charge is 2.35. The number of halogens is 3. The van der Waals surface area contributed by atoms with E-state index in [1.165, 1.54) is 22.7 Å². The molecule has 0 bridgehead atoms. The van der Waals surface area contributed by atoms with Gasteiger partial charge in [-0.3, -0.25) is 14.5 Å². The van der Waals surface area contributed by atoms with Crippen molar-refractivity contribution in [1.29, 1.82) is 0 Å². The molecule has 3 rings (SSSR count). The van der Waals surface area contributed by atoms with Crippen LogP contribution in [-0.2, 0) is 29.2 Å². The molecule has 28 heavy (non-hydrogen) atoms. The van der Waals surface area contributed by atoms with Crippen molar-refractivity contribution in [1.82, 2.24) is 14.8 Å². The molecule has 1 unspecified atom stereocenters. The van der Waals surface area contributed by atoms with Crippen LogP contribution in [0.5, 0.6) is 0 Å². The molecule has 2 amide bonds. The molecule has 11 heteroatoms. The van der Waals surface area contributed by atoms with Gasteiger partial charge in [0.1, 0.15) is 12.4 Å². The Labute approximate surface area is 163 Å². The number of amides is 2. The van der Waals surface area contributed by atoms with Gasteiger partial charge in [0.05, 0.1) is 22.2 Å². The topological polar surface area (TPSA) is 80.1 Å². The summed E-state index contributed by atoms with van der Waals surface area (Å²) < 4.78 is 40.6. The lowest BCUT2D eigenvalue weighted by Gasteiger charge is -2.31. The van der Waals surface area contributed by atoms with Crippen molar-refractivity contribution >= 4 is 35.0 Å². The molecule has 1 aromatic heterocycles. The Balaban J connectivity index is 1.86. The molecule has 0 aliphatic carbocycles. The number of nitrogens with zero attached hydrogens (tertiary/aromatic N) is 4. The van der Waals surface area contributed by atoms with Crippen molar-refractivity contribution < 1.29 is 22.8 Å². The number of fused-ring (bicyclic) bond motifs is 1. The van der Waals surface area contributed by atoms with Crippen molar-refractivity contribution in [2.45, 2.75) is 36.9 Å². The van der Waals surface area contributed by atoms with Gasteiger partial charge in [0.2, 0.25) is 11.8 Å². The molecule has 150 valence electrons. The fourth-order valence-corrected chi connectivity index (χ4v) is 3.74. The van der Waals surface area contributed by atoms with E-state index >= 15 is 0 Å². The molecule has 2 heterocycles. The molecule has 1 aromatic carbocycles. The maximum atomic E-state index is 12.9. The Hall–Kier alpha value is -2.56. The van der Waals surface area contributed by atoms with Crippen LogP contribution in [0.15, 0.2) is 23.4 Å². The maximum Gasteiger partial charge on any atom is 0.416 e. The lowest BCUT2D eigenvalue weighted by Crippen LogP contribution is -2.45. The van der Waals surface area contributed by atoms with Crippen LogP contribution in [0.4, 0.5) is 24.5 Å². The summed E-state index contributed by atoms with van der Waals surface area (Å²) in [4.78, 5) is 26.1. The molecule has 0 fully saturated rings. The van der Waals surface area contributed by atoms with Gasteiger partial charge in [0, 0.05) is 13.5 Å². The molecular formula is C17H18F3N5O2S. The Bertz CT molecular complexity index is 928. The van der Waals surface area contributed by atoms with Crippen LogP contribution in [0.2, 0.25) is 0 Å². The number of thioether (sulfide) groups is 1. The number of aryl methyl sites for hydroxylation is 1. The average Bonchev–Trinajstić information content (AvgIpc) is 2.98. The number of carbonyl (C=O) groups excluding carboxylic acids is 2. The van der Waals surface area contributed by atoms with Gasteiger partial charge in [0.15, 0.2) is 5.16 Å². The van der Waals surface area contributed by atoms with E-state index in [2.05, 4.69) is 15.5 Å². The third kappa shape index (κ3) is 3.84. The molecule has 1 aliphatic rings. The summed E-state index contributed by atoms with van der Waals surface area (Å²) >= 11 is 1.18. The monoisotopic (exact) mass is 413 g/mol. The number of rotatable bonds is 4. The van der Waals surface area contributed by atoms with E-state index in [-0.39, 0.29) is 17.9 Å². The molecule has 0 radical (unpaired) electrons. The summed E-state index contributed by atoms with van der Waals surface area (Å²) in [5, 5.41) is 10.4. The number of nitrogens with one attached hydrogen (secondary N) is 1. The van der Waals surface area contributed by atoms with E-state index in [9.17, 15) is 22.8 Å². The molecule has 0 saturated heterocycles. The number of carbonyl (C=O) groups is 2. The van der Waals surface area contributed by atoms with E-state index in [1.54, 1.807) is 18.5 Å². The fourth-order valence-electron chi connectivity index (χ4n) is 2.85. The van der Waals surface area contributed by atoms with E-state index in [1.807, 2.05) is 6.92 Å². The summed E-state index contributed by atoms with van der Waals surface area (Å²) in [7, 11) is 1.79. The van der Waals surface area contributed by atoms with Crippen LogP contribution < -0.4 is 10.2 Å². The van der Waals surface area contributed by atoms with Crippen molar-refractivity contribution in [3.63, 3.8) is 0 Å². The minimum atomic E-state index is -4.54. The lowest BCUT2D eigenvalue weighted by atomic mass is 10.1. The Morgan fingerprint density at radius 3 is 2.68 bits per heavy atom. The first-order valence-corrected chi connectivity index (χ1v) is 9.37. The van der Waals surface area contributed by atoms with Crippen LogP contribution in [0.1, 0.15) is 25.2 Å². The van der Waals surface area contributed by atoms with Gasteiger partial charge in [-0.25, -0.2) is 0 Å². The molecule has 2 aromatic rings. The first-order valence-electron chi connectivity index (χ1n) is 8.49. The third-order valence-electron chi connectivity index (χ3n) is 4.33. The fraction of sp³-hybridized carbons (Fsp3) is 0.412. The van der Waals surface area contributed by atoms with Gasteiger partial charge in [-0.15, -0.1) is 10.2 Å². The summed E-state index contributed by atoms with van der Waals surface area (Å²) in [6, 6.07) is 2.93. The van der Waals surface area contributed by atoms with Crippen LogP contribution in [0, 0.1) is 0 Å². The van der Waals surface area contributed by atoms with Crippen molar-refractivity contribution in [2.24, 2.45) is 7.05 Å². The largest absolute Gasteiger partial charge is 0.416 e. The minimum Gasteiger partial charge on any atom is -0.323 e. The van der Waals surface area contributed by atoms with E-state index in [0.717, 1.165) is 18.0 Å². The van der Waals surface area contributed by atoms with Crippen molar-refractivity contribution in [3.8, 4) is 0 Å². The number of benzene rings is 1. The number of alkyl halides is 3. The van der Waals surface area contributed by atoms with Gasteiger partial charge in [0.25, 0.3) is 0 Å². The van der Waals surface area contributed by atoms with Crippen LogP contribution >= 0.6 is 11.8 Å². The zero-order valence-electron chi connectivity index (χ0n) is 15.4. The number of hydrogen-bond donors (Lipinski definition) is 1. The van der Waals surface area contributed by atoms with Gasteiger partial charge in [-0.2, -0.15) is 13.2 Å². The molecule has 1 N–H and O–H groups in total. The minimum absolute atomic E-state index is 0.0384. The average molecular weight is 413 g/mol. The van der Waals surface area contributed by atoms with Crippen LogP contribution in [-0.4, -0.2) is 38.4 Å². The smallest absolute Gasteiger partial charge is 0.323 e. The highest BCUT2D eigenvalue weighted by Crippen LogP contribution is 2.37. The molecule has 1 atom stereocenters. The second kappa shape index (κ2) is 7.46. The second-order valence-electron chi connectivity index (χ2n) is 6.27. The predicted octanol–water partition coefficient (Wildman–Crippen LogP) is 2.86. The molecule has 0 saturated carbocycles. The summed E-state index contributed by atoms with van der Waals surface area (Å²) in [6.45, 7) is 3.33. The predicted molar refractivity (Wildman–Crippen MR) is 98.1 cm³/mol. The lowest BCUT2D eigenvalue weighted by molar-refractivity contribution is -0.137. The van der Waals surface area contributed by atoms with Gasteiger partial charge < -0.3 is 9.88 Å². The molecular weight excluding hydrogens is 395 g/mol. The van der Waals surface area contributed by atoms with Gasteiger partial charge >= 0.3 is 6.18 Å². The van der Waals surface area contributed by atoms with Gasteiger partial charge in [-0.05, 0) is 25.1 Å². The Morgan fingerprint density at radius 2 is 2.07 bits per heavy atom. The molecule has 7 nitrogen and oxygen atoms in total. The number of hydrogen-bond acceptors (Lipinski definition) is 5. The second-order valence-corrected chi connectivity index (χ2v) is 7.58. The van der Waals surface area contributed by atoms with Gasteiger partial charge in [-0.1, -0.05) is 18.7 Å². The summed E-state index contributed by atoms with van der Waals surface area (Å²) in [5.74, 6) is -0.185. The van der Waals surface area contributed by atoms with E-state index in [0.29, 0.717) is 11.6 Å². The normalized spacial score (nSPS) is 15.2. The highest BCUT2D eigenvalue weighted by molar-refractivity contribution is 8.00. The molecule has 0 spiro atoms. The third-order valence-corrected chi connectivity index (χ3v) is 5.45. The highest BCUT2D eigenvalue weighted by atomic mass is 32.2. The maximum absolute atomic E-state index is 12.9. The molecule has 1 aliphatic heterocycles. The van der Waals surface area contributed by atoms with E-state index < -0.39 is 28.8 Å². The number of anilines is 2. The zero-order chi connectivity index (χ0) is 20.6. The van der Waals surface area contributed by atoms with Crippen LogP contribution in [0.25, 0.3) is 0 Å². The number of aromatic nitrogens is 3. The zero-order valence-corrected chi connectivity index (χ0v) is 16.2.